The van der Waals surface area contributed by atoms with E-state index in [0.29, 0.717) is 24.5 Å². The highest BCUT2D eigenvalue weighted by Crippen LogP contribution is 2.25. The Hall–Kier alpha value is -0.350. The molecular formula is C12H18O3S. The molecule has 2 aliphatic heterocycles. The summed E-state index contributed by atoms with van der Waals surface area (Å²) in [4.78, 5) is 23.6. The molecule has 90 valence electrons. The molecule has 1 unspecified atom stereocenters. The number of hydrogen-bond acceptors (Lipinski definition) is 4. The maximum atomic E-state index is 12.0. The van der Waals surface area contributed by atoms with Crippen LogP contribution in [0.4, 0.5) is 0 Å². The van der Waals surface area contributed by atoms with Crippen LogP contribution in [-0.4, -0.2) is 36.3 Å². The molecule has 0 radical (unpaired) electrons. The molecule has 0 aromatic heterocycles. The summed E-state index contributed by atoms with van der Waals surface area (Å²) in [5.74, 6) is 2.07. The third kappa shape index (κ3) is 3.08. The van der Waals surface area contributed by atoms with Crippen molar-refractivity contribution in [3.8, 4) is 0 Å². The molecule has 4 heteroatoms. The minimum absolute atomic E-state index is 0.163. The molecule has 2 fully saturated rings. The summed E-state index contributed by atoms with van der Waals surface area (Å²) in [5.41, 5.74) is 0. The molecule has 0 aliphatic carbocycles. The van der Waals surface area contributed by atoms with Gasteiger partial charge in [-0.15, -0.1) is 0 Å². The molecular weight excluding hydrogens is 224 g/mol. The minimum Gasteiger partial charge on any atom is -0.381 e. The number of carbonyl (C=O) groups excluding carboxylic acids is 2. The summed E-state index contributed by atoms with van der Waals surface area (Å²) in [6.45, 7) is 1.54. The first kappa shape index (κ1) is 12.1. The second-order valence-corrected chi connectivity index (χ2v) is 5.72. The zero-order valence-corrected chi connectivity index (χ0v) is 10.3. The average molecular weight is 242 g/mol. The topological polar surface area (TPSA) is 43.4 Å². The van der Waals surface area contributed by atoms with Crippen LogP contribution >= 0.6 is 11.8 Å². The molecule has 0 aromatic rings. The Kier molecular flexibility index (Phi) is 4.41. The van der Waals surface area contributed by atoms with Gasteiger partial charge in [0.25, 0.3) is 0 Å². The van der Waals surface area contributed by atoms with Gasteiger partial charge in [0.05, 0.1) is 5.92 Å². The van der Waals surface area contributed by atoms with E-state index < -0.39 is 0 Å². The van der Waals surface area contributed by atoms with Crippen molar-refractivity contribution in [2.45, 2.75) is 25.7 Å². The van der Waals surface area contributed by atoms with Gasteiger partial charge in [-0.1, -0.05) is 0 Å². The first-order valence-electron chi connectivity index (χ1n) is 5.98. The predicted octanol–water partition coefficient (Wildman–Crippen LogP) is 1.69. The molecule has 0 bridgehead atoms. The molecule has 0 N–H and O–H groups in total. The first-order chi connectivity index (χ1) is 7.77. The fraction of sp³-hybridized carbons (Fsp3) is 0.833. The summed E-state index contributed by atoms with van der Waals surface area (Å²) in [5, 5.41) is 0. The van der Waals surface area contributed by atoms with Crippen molar-refractivity contribution in [1.82, 2.24) is 0 Å². The van der Waals surface area contributed by atoms with E-state index in [-0.39, 0.29) is 17.5 Å². The lowest BCUT2D eigenvalue weighted by Crippen LogP contribution is -2.32. The number of ketones is 2. The normalized spacial score (nSPS) is 28.0. The average Bonchev–Trinajstić information content (AvgIpc) is 2.31. The molecule has 0 spiro atoms. The van der Waals surface area contributed by atoms with Gasteiger partial charge in [-0.3, -0.25) is 9.59 Å². The molecule has 2 heterocycles. The van der Waals surface area contributed by atoms with Crippen molar-refractivity contribution in [3.05, 3.63) is 0 Å². The van der Waals surface area contributed by atoms with Crippen LogP contribution in [0.2, 0.25) is 0 Å². The summed E-state index contributed by atoms with van der Waals surface area (Å²) >= 11 is 1.73. The third-order valence-electron chi connectivity index (χ3n) is 3.39. The lowest BCUT2D eigenvalue weighted by molar-refractivity contribution is -0.132. The number of thioether (sulfide) groups is 1. The van der Waals surface area contributed by atoms with E-state index in [9.17, 15) is 9.59 Å². The maximum Gasteiger partial charge on any atom is 0.144 e. The molecule has 2 saturated heterocycles. The van der Waals surface area contributed by atoms with Crippen LogP contribution in [0.5, 0.6) is 0 Å². The van der Waals surface area contributed by atoms with Crippen molar-refractivity contribution in [3.63, 3.8) is 0 Å². The first-order valence-corrected chi connectivity index (χ1v) is 7.14. The van der Waals surface area contributed by atoms with E-state index in [1.807, 2.05) is 0 Å². The third-order valence-corrected chi connectivity index (χ3v) is 4.45. The van der Waals surface area contributed by atoms with Gasteiger partial charge < -0.3 is 4.74 Å². The molecule has 2 rings (SSSR count). The van der Waals surface area contributed by atoms with Gasteiger partial charge in [-0.25, -0.2) is 0 Å². The lowest BCUT2D eigenvalue weighted by atomic mass is 9.88. The molecule has 3 nitrogen and oxygen atoms in total. The van der Waals surface area contributed by atoms with Crippen molar-refractivity contribution >= 4 is 23.3 Å². The summed E-state index contributed by atoms with van der Waals surface area (Å²) in [6.07, 6.45) is 3.11. The monoisotopic (exact) mass is 242 g/mol. The number of hydrogen-bond donors (Lipinski definition) is 0. The highest BCUT2D eigenvalue weighted by atomic mass is 32.2. The van der Waals surface area contributed by atoms with Crippen LogP contribution in [0.15, 0.2) is 0 Å². The Morgan fingerprint density at radius 3 is 2.81 bits per heavy atom. The Balaban J connectivity index is 1.83. The highest BCUT2D eigenvalue weighted by Gasteiger charge is 2.30. The summed E-state index contributed by atoms with van der Waals surface area (Å²) in [7, 11) is 0. The van der Waals surface area contributed by atoms with Crippen molar-refractivity contribution in [1.29, 1.82) is 0 Å². The van der Waals surface area contributed by atoms with Gasteiger partial charge >= 0.3 is 0 Å². The smallest absolute Gasteiger partial charge is 0.144 e. The SMILES string of the molecule is O=C1CCSCC1C(=O)CC1CCOCC1. The van der Waals surface area contributed by atoms with E-state index >= 15 is 0 Å². The fourth-order valence-corrected chi connectivity index (χ4v) is 3.41. The van der Waals surface area contributed by atoms with Crippen LogP contribution in [-0.2, 0) is 14.3 Å². The maximum absolute atomic E-state index is 12.0. The summed E-state index contributed by atoms with van der Waals surface area (Å²) < 4.78 is 5.27. The van der Waals surface area contributed by atoms with Crippen LogP contribution in [0.3, 0.4) is 0 Å². The van der Waals surface area contributed by atoms with Gasteiger partial charge in [0, 0.05) is 37.6 Å². The van der Waals surface area contributed by atoms with Gasteiger partial charge in [0.2, 0.25) is 0 Å². The molecule has 0 aromatic carbocycles. The zero-order chi connectivity index (χ0) is 11.4. The summed E-state index contributed by atoms with van der Waals surface area (Å²) in [6, 6.07) is 0. The lowest BCUT2D eigenvalue weighted by Gasteiger charge is -2.24. The Morgan fingerprint density at radius 1 is 1.38 bits per heavy atom. The van der Waals surface area contributed by atoms with Crippen molar-refractivity contribution < 1.29 is 14.3 Å². The number of ether oxygens (including phenoxy) is 1. The van der Waals surface area contributed by atoms with E-state index in [1.165, 1.54) is 0 Å². The number of carbonyl (C=O) groups is 2. The molecule has 16 heavy (non-hydrogen) atoms. The Bertz CT molecular complexity index is 271. The van der Waals surface area contributed by atoms with E-state index in [2.05, 4.69) is 0 Å². The zero-order valence-electron chi connectivity index (χ0n) is 9.44. The van der Waals surface area contributed by atoms with Gasteiger partial charge in [-0.2, -0.15) is 11.8 Å². The second-order valence-electron chi connectivity index (χ2n) is 4.57. The Morgan fingerprint density at radius 2 is 2.12 bits per heavy atom. The van der Waals surface area contributed by atoms with E-state index in [1.54, 1.807) is 11.8 Å². The minimum atomic E-state index is -0.304. The van der Waals surface area contributed by atoms with Gasteiger partial charge in [0.1, 0.15) is 11.6 Å². The standard InChI is InChI=1S/C12H18O3S/c13-11-3-6-16-8-10(11)12(14)7-9-1-4-15-5-2-9/h9-10H,1-8H2. The molecule has 2 aliphatic rings. The van der Waals surface area contributed by atoms with E-state index in [4.69, 9.17) is 4.74 Å². The van der Waals surface area contributed by atoms with Gasteiger partial charge in [0.15, 0.2) is 0 Å². The predicted molar refractivity (Wildman–Crippen MR) is 63.6 cm³/mol. The van der Waals surface area contributed by atoms with Crippen molar-refractivity contribution in [2.24, 2.45) is 11.8 Å². The molecule has 0 amide bonds. The fourth-order valence-electron chi connectivity index (χ4n) is 2.29. The van der Waals surface area contributed by atoms with Crippen LogP contribution in [0.1, 0.15) is 25.7 Å². The van der Waals surface area contributed by atoms with E-state index in [0.717, 1.165) is 31.8 Å². The van der Waals surface area contributed by atoms with Crippen LogP contribution < -0.4 is 0 Å². The largest absolute Gasteiger partial charge is 0.381 e. The number of Topliss-reactive ketones (excluding diaryl/α,β-unsaturated/α-hetero) is 2. The quantitative estimate of drug-likeness (QED) is 0.706. The van der Waals surface area contributed by atoms with Crippen LogP contribution in [0.25, 0.3) is 0 Å². The number of rotatable bonds is 3. The highest BCUT2D eigenvalue weighted by molar-refractivity contribution is 7.99. The van der Waals surface area contributed by atoms with Gasteiger partial charge in [-0.05, 0) is 18.8 Å². The van der Waals surface area contributed by atoms with Crippen molar-refractivity contribution in [2.75, 3.05) is 24.7 Å². The molecule has 0 saturated carbocycles. The Labute approximate surface area is 100 Å². The van der Waals surface area contributed by atoms with Crippen LogP contribution in [0, 0.1) is 11.8 Å². The molecule has 1 atom stereocenters. The second kappa shape index (κ2) is 5.82.